The van der Waals surface area contributed by atoms with Crippen LogP contribution in [0.5, 0.6) is 0 Å². The first kappa shape index (κ1) is 10.2. The van der Waals surface area contributed by atoms with E-state index in [-0.39, 0.29) is 0 Å². The molecule has 0 spiro atoms. The molecule has 0 saturated carbocycles. The van der Waals surface area contributed by atoms with Crippen LogP contribution in [0.2, 0.25) is 5.11 Å². The van der Waals surface area contributed by atoms with Gasteiger partial charge in [-0.1, -0.05) is 39.0 Å². The second-order valence-corrected chi connectivity index (χ2v) is 4.37. The average Bonchev–Trinajstić information content (AvgIpc) is 1.78. The lowest BCUT2D eigenvalue weighted by Gasteiger charge is -2.16. The number of unbranched alkanes of at least 4 members (excludes halogenated alkanes) is 3. The fourth-order valence-corrected chi connectivity index (χ4v) is 1.08. The summed E-state index contributed by atoms with van der Waals surface area (Å²) in [6.45, 7) is 2.26. The maximum Gasteiger partial charge on any atom is 0.0908 e. The van der Waals surface area contributed by atoms with Gasteiger partial charge >= 0.3 is 0 Å². The lowest BCUT2D eigenvalue weighted by atomic mass is 9.41. The summed E-state index contributed by atoms with van der Waals surface area (Å²) >= 11 is 0. The molecular weight excluding hydrogens is 117 g/mol. The first-order valence-electron chi connectivity index (χ1n) is 4.56. The van der Waals surface area contributed by atoms with Crippen LogP contribution in [0.4, 0.5) is 0 Å². The van der Waals surface area contributed by atoms with Gasteiger partial charge in [0.05, 0.1) is 23.5 Å². The van der Waals surface area contributed by atoms with Crippen LogP contribution in [-0.4, -0.2) is 23.5 Å². The van der Waals surface area contributed by atoms with E-state index in [0.29, 0.717) is 5.11 Å². The number of hydrogen-bond donors (Lipinski definition) is 0. The fourth-order valence-electron chi connectivity index (χ4n) is 1.08. The molecule has 0 aliphatic rings. The van der Waals surface area contributed by atoms with Crippen LogP contribution in [0.15, 0.2) is 0 Å². The Balaban J connectivity index is 3.04. The summed E-state index contributed by atoms with van der Waals surface area (Å²) in [7, 11) is 6.96. The van der Waals surface area contributed by atoms with Crippen LogP contribution in [0.1, 0.15) is 39.0 Å². The van der Waals surface area contributed by atoms with Gasteiger partial charge in [0, 0.05) is 0 Å². The van der Waals surface area contributed by atoms with Crippen molar-refractivity contribution < 1.29 is 0 Å². The second kappa shape index (κ2) is 4.93. The number of rotatable bonds is 5. The molecule has 0 atom stereocenters. The molecule has 56 valence electrons. The van der Waals surface area contributed by atoms with Gasteiger partial charge in [-0.05, 0) is 0 Å². The maximum atomic E-state index is 2.32. The van der Waals surface area contributed by atoms with Gasteiger partial charge in [0.2, 0.25) is 0 Å². The van der Waals surface area contributed by atoms with Crippen molar-refractivity contribution in [3.63, 3.8) is 0 Å². The van der Waals surface area contributed by atoms with E-state index < -0.39 is 0 Å². The van der Waals surface area contributed by atoms with Crippen LogP contribution in [0.25, 0.3) is 0 Å². The Morgan fingerprint density at radius 3 is 2.00 bits per heavy atom. The highest BCUT2D eigenvalue weighted by Gasteiger charge is 2.08. The van der Waals surface area contributed by atoms with E-state index in [2.05, 4.69) is 30.5 Å². The average molecular weight is 136 g/mol. The molecule has 3 heteroatoms. The summed E-state index contributed by atoms with van der Waals surface area (Å²) in [4.78, 5) is 0. The van der Waals surface area contributed by atoms with Gasteiger partial charge in [-0.3, -0.25) is 0 Å². The molecule has 0 saturated heterocycles. The quantitative estimate of drug-likeness (QED) is 0.366. The van der Waals surface area contributed by atoms with Crippen molar-refractivity contribution in [2.75, 3.05) is 0 Å². The van der Waals surface area contributed by atoms with Crippen molar-refractivity contribution in [2.45, 2.75) is 44.1 Å². The van der Waals surface area contributed by atoms with E-state index in [4.69, 9.17) is 0 Å². The first-order valence-corrected chi connectivity index (χ1v) is 4.56. The van der Waals surface area contributed by atoms with Gasteiger partial charge in [-0.25, -0.2) is 0 Å². The standard InChI is InChI=1S/C7H19B3/c1-2-3-4-5-6-7(8,9)10/h2-6,8-10H2,1H3. The molecule has 0 unspecified atom stereocenters. The summed E-state index contributed by atoms with van der Waals surface area (Å²) in [6, 6.07) is 0. The lowest BCUT2D eigenvalue weighted by molar-refractivity contribution is 0.636. The minimum atomic E-state index is 0.549. The first-order chi connectivity index (χ1) is 4.56. The summed E-state index contributed by atoms with van der Waals surface area (Å²) < 4.78 is 0. The summed E-state index contributed by atoms with van der Waals surface area (Å²) in [5.41, 5.74) is 0. The Kier molecular flexibility index (Phi) is 5.02. The Labute approximate surface area is 68.4 Å². The van der Waals surface area contributed by atoms with Gasteiger partial charge in [0.1, 0.15) is 0 Å². The fraction of sp³-hybridized carbons (Fsp3) is 1.00. The molecule has 0 nitrogen and oxygen atoms in total. The van der Waals surface area contributed by atoms with Gasteiger partial charge in [0.15, 0.2) is 0 Å². The molecule has 0 rings (SSSR count). The minimum absolute atomic E-state index is 0.549. The molecule has 0 aromatic heterocycles. The zero-order valence-electron chi connectivity index (χ0n) is 8.04. The zero-order chi connectivity index (χ0) is 8.04. The highest BCUT2D eigenvalue weighted by molar-refractivity contribution is 6.58. The molecule has 0 aliphatic carbocycles. The van der Waals surface area contributed by atoms with E-state index >= 15 is 0 Å². The molecule has 0 amide bonds. The van der Waals surface area contributed by atoms with Gasteiger partial charge in [0.25, 0.3) is 0 Å². The molecule has 0 radical (unpaired) electrons. The van der Waals surface area contributed by atoms with Crippen molar-refractivity contribution in [1.29, 1.82) is 0 Å². The van der Waals surface area contributed by atoms with Crippen molar-refractivity contribution in [1.82, 2.24) is 0 Å². The summed E-state index contributed by atoms with van der Waals surface area (Å²) in [5, 5.41) is 0.549. The van der Waals surface area contributed by atoms with Gasteiger partial charge in [-0.15, -0.1) is 5.11 Å². The van der Waals surface area contributed by atoms with Crippen molar-refractivity contribution in [3.8, 4) is 0 Å². The third-order valence-electron chi connectivity index (χ3n) is 1.78. The van der Waals surface area contributed by atoms with E-state index in [0.717, 1.165) is 0 Å². The zero-order valence-corrected chi connectivity index (χ0v) is 8.04. The second-order valence-electron chi connectivity index (χ2n) is 4.37. The molecular formula is C7H19B3. The molecule has 10 heavy (non-hydrogen) atoms. The molecule has 0 bridgehead atoms. The van der Waals surface area contributed by atoms with E-state index in [1.807, 2.05) is 0 Å². The largest absolute Gasteiger partial charge is 0.111 e. The molecule has 0 aromatic carbocycles. The van der Waals surface area contributed by atoms with Crippen LogP contribution in [0, 0.1) is 0 Å². The Bertz CT molecular complexity index is 75.4. The third-order valence-corrected chi connectivity index (χ3v) is 1.78. The highest BCUT2D eigenvalue weighted by atomic mass is 14.0. The van der Waals surface area contributed by atoms with E-state index in [1.54, 1.807) is 0 Å². The Morgan fingerprint density at radius 2 is 1.60 bits per heavy atom. The van der Waals surface area contributed by atoms with Crippen LogP contribution in [-0.2, 0) is 0 Å². The Hall–Kier alpha value is 0.195. The predicted molar refractivity (Wildman–Crippen MR) is 57.1 cm³/mol. The Morgan fingerprint density at radius 1 is 1.00 bits per heavy atom. The van der Waals surface area contributed by atoms with Crippen LogP contribution in [0.3, 0.4) is 0 Å². The summed E-state index contributed by atoms with van der Waals surface area (Å²) in [6.07, 6.45) is 6.98. The molecule has 0 fully saturated rings. The van der Waals surface area contributed by atoms with Crippen molar-refractivity contribution >= 4 is 23.5 Å². The van der Waals surface area contributed by atoms with Gasteiger partial charge < -0.3 is 0 Å². The summed E-state index contributed by atoms with van der Waals surface area (Å²) in [5.74, 6) is 0. The predicted octanol–water partition coefficient (Wildman–Crippen LogP) is -0.0702. The van der Waals surface area contributed by atoms with Gasteiger partial charge in [-0.2, -0.15) is 0 Å². The molecule has 0 aromatic rings. The topological polar surface area (TPSA) is 0 Å². The molecule has 0 aliphatic heterocycles. The lowest BCUT2D eigenvalue weighted by Crippen LogP contribution is -2.11. The highest BCUT2D eigenvalue weighted by Crippen LogP contribution is 2.19. The van der Waals surface area contributed by atoms with Crippen molar-refractivity contribution in [2.24, 2.45) is 0 Å². The normalized spacial score (nSPS) is 11.7. The van der Waals surface area contributed by atoms with Crippen LogP contribution >= 0.6 is 0 Å². The van der Waals surface area contributed by atoms with Crippen LogP contribution < -0.4 is 0 Å². The third kappa shape index (κ3) is 8.19. The smallest absolute Gasteiger partial charge is 0.0908 e. The van der Waals surface area contributed by atoms with Crippen molar-refractivity contribution in [3.05, 3.63) is 0 Å². The molecule has 0 N–H and O–H groups in total. The molecule has 0 heterocycles. The minimum Gasteiger partial charge on any atom is -0.111 e. The monoisotopic (exact) mass is 136 g/mol. The maximum absolute atomic E-state index is 2.32. The van der Waals surface area contributed by atoms with E-state index in [1.165, 1.54) is 32.1 Å². The number of hydrogen-bond acceptors (Lipinski definition) is 0. The SMILES string of the molecule is BC(B)(B)CCCCCC. The van der Waals surface area contributed by atoms with E-state index in [9.17, 15) is 0 Å².